The summed E-state index contributed by atoms with van der Waals surface area (Å²) in [5.74, 6) is 0.627. The molecule has 1 fully saturated rings. The highest BCUT2D eigenvalue weighted by atomic mass is 16.3. The van der Waals surface area contributed by atoms with Gasteiger partial charge >= 0.3 is 0 Å². The summed E-state index contributed by atoms with van der Waals surface area (Å²) in [6.45, 7) is 8.00. The van der Waals surface area contributed by atoms with Gasteiger partial charge in [-0.25, -0.2) is 0 Å². The number of hydrogen-bond donors (Lipinski definition) is 2. The van der Waals surface area contributed by atoms with Crippen LogP contribution in [-0.2, 0) is 4.79 Å². The second kappa shape index (κ2) is 5.83. The molecule has 0 bridgehead atoms. The lowest BCUT2D eigenvalue weighted by molar-refractivity contribution is -0.131. The Balaban J connectivity index is 2.39. The van der Waals surface area contributed by atoms with E-state index >= 15 is 0 Å². The molecule has 1 rings (SSSR count). The van der Waals surface area contributed by atoms with Crippen LogP contribution in [0.4, 0.5) is 0 Å². The van der Waals surface area contributed by atoms with E-state index in [9.17, 15) is 4.79 Å². The first kappa shape index (κ1) is 14.5. The van der Waals surface area contributed by atoms with E-state index in [0.717, 1.165) is 25.9 Å². The summed E-state index contributed by atoms with van der Waals surface area (Å²) in [6, 6.07) is -0.0908. The van der Waals surface area contributed by atoms with Crippen LogP contribution in [0.5, 0.6) is 0 Å². The normalized spacial score (nSPS) is 22.9. The topological polar surface area (TPSA) is 66.6 Å². The SMILES string of the molecule is CC(C)(C)C(N)CC(=O)N1CCC(CCO)C1. The molecule has 2 unspecified atom stereocenters. The molecule has 2 atom stereocenters. The van der Waals surface area contributed by atoms with Crippen molar-refractivity contribution in [3.8, 4) is 0 Å². The van der Waals surface area contributed by atoms with Crippen LogP contribution in [-0.4, -0.2) is 41.7 Å². The van der Waals surface area contributed by atoms with Crippen molar-refractivity contribution in [1.82, 2.24) is 4.90 Å². The van der Waals surface area contributed by atoms with E-state index < -0.39 is 0 Å². The predicted octanol–water partition coefficient (Wildman–Crippen LogP) is 0.981. The van der Waals surface area contributed by atoms with Gasteiger partial charge in [0.05, 0.1) is 0 Å². The van der Waals surface area contributed by atoms with Gasteiger partial charge in [0.15, 0.2) is 0 Å². The largest absolute Gasteiger partial charge is 0.396 e. The molecular weight excluding hydrogens is 216 g/mol. The molecule has 1 amide bonds. The third-order valence-electron chi connectivity index (χ3n) is 3.68. The first-order valence-electron chi connectivity index (χ1n) is 6.48. The highest BCUT2D eigenvalue weighted by molar-refractivity contribution is 5.77. The summed E-state index contributed by atoms with van der Waals surface area (Å²) >= 11 is 0. The highest BCUT2D eigenvalue weighted by Gasteiger charge is 2.29. The smallest absolute Gasteiger partial charge is 0.224 e. The van der Waals surface area contributed by atoms with Gasteiger partial charge in [-0.3, -0.25) is 4.79 Å². The fraction of sp³-hybridized carbons (Fsp3) is 0.923. The maximum absolute atomic E-state index is 12.0. The van der Waals surface area contributed by atoms with Crippen LogP contribution in [0, 0.1) is 11.3 Å². The van der Waals surface area contributed by atoms with Gasteiger partial charge < -0.3 is 15.7 Å². The Hall–Kier alpha value is -0.610. The molecule has 100 valence electrons. The molecule has 17 heavy (non-hydrogen) atoms. The Labute approximate surface area is 104 Å². The van der Waals surface area contributed by atoms with Crippen LogP contribution in [0.25, 0.3) is 0 Å². The summed E-state index contributed by atoms with van der Waals surface area (Å²) < 4.78 is 0. The monoisotopic (exact) mass is 242 g/mol. The maximum Gasteiger partial charge on any atom is 0.224 e. The molecule has 0 aromatic rings. The van der Waals surface area contributed by atoms with Crippen LogP contribution >= 0.6 is 0 Å². The van der Waals surface area contributed by atoms with Gasteiger partial charge in [-0.2, -0.15) is 0 Å². The van der Waals surface area contributed by atoms with Crippen molar-refractivity contribution in [2.24, 2.45) is 17.1 Å². The second-order valence-corrected chi connectivity index (χ2v) is 6.18. The number of nitrogens with zero attached hydrogens (tertiary/aromatic N) is 1. The van der Waals surface area contributed by atoms with Crippen molar-refractivity contribution < 1.29 is 9.90 Å². The summed E-state index contributed by atoms with van der Waals surface area (Å²) in [7, 11) is 0. The molecular formula is C13H26N2O2. The van der Waals surface area contributed by atoms with Crippen LogP contribution in [0.2, 0.25) is 0 Å². The highest BCUT2D eigenvalue weighted by Crippen LogP contribution is 2.23. The predicted molar refractivity (Wildman–Crippen MR) is 68.4 cm³/mol. The van der Waals surface area contributed by atoms with Crippen molar-refractivity contribution in [1.29, 1.82) is 0 Å². The average molecular weight is 242 g/mol. The molecule has 0 radical (unpaired) electrons. The third kappa shape index (κ3) is 4.28. The summed E-state index contributed by atoms with van der Waals surface area (Å²) in [6.07, 6.45) is 2.24. The van der Waals surface area contributed by atoms with Crippen molar-refractivity contribution in [3.05, 3.63) is 0 Å². The number of likely N-dealkylation sites (tertiary alicyclic amines) is 1. The number of aliphatic hydroxyl groups is 1. The van der Waals surface area contributed by atoms with Gasteiger partial charge in [-0.1, -0.05) is 20.8 Å². The Morgan fingerprint density at radius 3 is 2.71 bits per heavy atom. The first-order chi connectivity index (χ1) is 7.84. The van der Waals surface area contributed by atoms with E-state index in [1.54, 1.807) is 0 Å². The number of rotatable bonds is 4. The minimum absolute atomic E-state index is 0.0279. The summed E-state index contributed by atoms with van der Waals surface area (Å²) in [5, 5.41) is 8.88. The van der Waals surface area contributed by atoms with Crippen molar-refractivity contribution >= 4 is 5.91 Å². The molecule has 0 aromatic carbocycles. The van der Waals surface area contributed by atoms with Crippen LogP contribution in [0.3, 0.4) is 0 Å². The quantitative estimate of drug-likeness (QED) is 0.772. The van der Waals surface area contributed by atoms with Gasteiger partial charge in [0.1, 0.15) is 0 Å². The molecule has 1 saturated heterocycles. The Morgan fingerprint density at radius 2 is 2.18 bits per heavy atom. The molecule has 0 aliphatic carbocycles. The molecule has 4 heteroatoms. The van der Waals surface area contributed by atoms with Crippen molar-refractivity contribution in [3.63, 3.8) is 0 Å². The number of carbonyl (C=O) groups excluding carboxylic acids is 1. The Bertz CT molecular complexity index is 261. The molecule has 1 heterocycles. The number of amides is 1. The van der Waals surface area contributed by atoms with Crippen molar-refractivity contribution in [2.75, 3.05) is 19.7 Å². The standard InChI is InChI=1S/C13H26N2O2/c1-13(2,3)11(14)8-12(17)15-6-4-10(9-15)5-7-16/h10-11,16H,4-9,14H2,1-3H3. The minimum atomic E-state index is -0.0908. The molecule has 0 spiro atoms. The van der Waals surface area contributed by atoms with Gasteiger partial charge in [-0.05, 0) is 24.2 Å². The van der Waals surface area contributed by atoms with E-state index in [0.29, 0.717) is 12.3 Å². The number of aliphatic hydroxyl groups excluding tert-OH is 1. The molecule has 4 nitrogen and oxygen atoms in total. The third-order valence-corrected chi connectivity index (χ3v) is 3.68. The molecule has 1 aliphatic heterocycles. The van der Waals surface area contributed by atoms with E-state index in [1.165, 1.54) is 0 Å². The van der Waals surface area contributed by atoms with Crippen LogP contribution < -0.4 is 5.73 Å². The van der Waals surface area contributed by atoms with Gasteiger partial charge in [0.2, 0.25) is 5.91 Å². The fourth-order valence-electron chi connectivity index (χ4n) is 2.10. The number of nitrogens with two attached hydrogens (primary N) is 1. The minimum Gasteiger partial charge on any atom is -0.396 e. The number of hydrogen-bond acceptors (Lipinski definition) is 3. The summed E-state index contributed by atoms with van der Waals surface area (Å²) in [4.78, 5) is 13.9. The second-order valence-electron chi connectivity index (χ2n) is 6.18. The lowest BCUT2D eigenvalue weighted by atomic mass is 9.85. The zero-order valence-corrected chi connectivity index (χ0v) is 11.3. The van der Waals surface area contributed by atoms with E-state index in [2.05, 4.69) is 20.8 Å². The van der Waals surface area contributed by atoms with Crippen LogP contribution in [0.15, 0.2) is 0 Å². The summed E-state index contributed by atoms with van der Waals surface area (Å²) in [5.41, 5.74) is 6.00. The van der Waals surface area contributed by atoms with Gasteiger partial charge in [0.25, 0.3) is 0 Å². The Kier molecular flexibility index (Phi) is 4.95. The van der Waals surface area contributed by atoms with E-state index in [-0.39, 0.29) is 24.0 Å². The number of carbonyl (C=O) groups is 1. The zero-order chi connectivity index (χ0) is 13.1. The van der Waals surface area contributed by atoms with Crippen molar-refractivity contribution in [2.45, 2.75) is 46.1 Å². The van der Waals surface area contributed by atoms with Crippen LogP contribution in [0.1, 0.15) is 40.0 Å². The zero-order valence-electron chi connectivity index (χ0n) is 11.3. The first-order valence-corrected chi connectivity index (χ1v) is 6.48. The van der Waals surface area contributed by atoms with E-state index in [4.69, 9.17) is 10.8 Å². The lowest BCUT2D eigenvalue weighted by Crippen LogP contribution is -2.41. The Morgan fingerprint density at radius 1 is 1.53 bits per heavy atom. The average Bonchev–Trinajstić information content (AvgIpc) is 2.65. The lowest BCUT2D eigenvalue weighted by Gasteiger charge is -2.28. The van der Waals surface area contributed by atoms with Gasteiger partial charge in [0, 0.05) is 32.2 Å². The molecule has 0 saturated carbocycles. The molecule has 1 aliphatic rings. The van der Waals surface area contributed by atoms with Gasteiger partial charge in [-0.15, -0.1) is 0 Å². The fourth-order valence-corrected chi connectivity index (χ4v) is 2.10. The molecule has 3 N–H and O–H groups in total. The maximum atomic E-state index is 12.0. The molecule has 0 aromatic heterocycles. The van der Waals surface area contributed by atoms with E-state index in [1.807, 2.05) is 4.90 Å².